The summed E-state index contributed by atoms with van der Waals surface area (Å²) in [6.45, 7) is 7.82. The zero-order valence-corrected chi connectivity index (χ0v) is 19.0. The third-order valence-corrected chi connectivity index (χ3v) is 6.52. The van der Waals surface area contributed by atoms with Crippen LogP contribution in [0.5, 0.6) is 0 Å². The number of hydrogen-bond donors (Lipinski definition) is 3. The molecule has 0 unspecified atom stereocenters. The van der Waals surface area contributed by atoms with Gasteiger partial charge >= 0.3 is 0 Å². The van der Waals surface area contributed by atoms with Gasteiger partial charge in [-0.1, -0.05) is 0 Å². The first-order valence-corrected chi connectivity index (χ1v) is 11.4. The van der Waals surface area contributed by atoms with Gasteiger partial charge in [0, 0.05) is 50.5 Å². The molecule has 10 nitrogen and oxygen atoms in total. The van der Waals surface area contributed by atoms with Crippen molar-refractivity contribution in [2.24, 2.45) is 0 Å². The SMILES string of the molecule is Cc1nc2nc(Nc3ccc(N4CCN(C)CC4)cc3)nc(N3CCc4nc[nH]c4C3)c2[nH]1. The second-order valence-electron chi connectivity index (χ2n) is 8.85. The number of nitrogens with one attached hydrogen (secondary N) is 3. The highest BCUT2D eigenvalue weighted by molar-refractivity contribution is 5.85. The van der Waals surface area contributed by atoms with E-state index < -0.39 is 0 Å². The Morgan fingerprint density at radius 3 is 2.58 bits per heavy atom. The zero-order valence-electron chi connectivity index (χ0n) is 19.0. The van der Waals surface area contributed by atoms with Crippen molar-refractivity contribution < 1.29 is 0 Å². The molecule has 3 N–H and O–H groups in total. The lowest BCUT2D eigenvalue weighted by Gasteiger charge is -2.34. The molecule has 6 rings (SSSR count). The molecule has 1 aromatic carbocycles. The maximum absolute atomic E-state index is 4.89. The van der Waals surface area contributed by atoms with Gasteiger partial charge in [-0.2, -0.15) is 9.97 Å². The van der Waals surface area contributed by atoms with Gasteiger partial charge in [0.15, 0.2) is 11.5 Å². The zero-order chi connectivity index (χ0) is 22.4. The highest BCUT2D eigenvalue weighted by atomic mass is 15.3. The quantitative estimate of drug-likeness (QED) is 0.441. The van der Waals surface area contributed by atoms with Crippen LogP contribution in [0.15, 0.2) is 30.6 Å². The average molecular weight is 445 g/mol. The Kier molecular flexibility index (Phi) is 4.87. The Morgan fingerprint density at radius 2 is 1.76 bits per heavy atom. The highest BCUT2D eigenvalue weighted by Gasteiger charge is 2.23. The minimum atomic E-state index is 0.548. The minimum absolute atomic E-state index is 0.548. The van der Waals surface area contributed by atoms with E-state index >= 15 is 0 Å². The third kappa shape index (κ3) is 3.86. The molecule has 170 valence electrons. The summed E-state index contributed by atoms with van der Waals surface area (Å²) in [7, 11) is 2.17. The van der Waals surface area contributed by atoms with Crippen LogP contribution in [0.2, 0.25) is 0 Å². The van der Waals surface area contributed by atoms with E-state index in [1.165, 1.54) is 5.69 Å². The molecule has 0 amide bonds. The van der Waals surface area contributed by atoms with Crippen molar-refractivity contribution in [1.29, 1.82) is 0 Å². The number of aromatic nitrogens is 6. The maximum Gasteiger partial charge on any atom is 0.231 e. The van der Waals surface area contributed by atoms with Crippen molar-refractivity contribution in [2.75, 3.05) is 54.9 Å². The Balaban J connectivity index is 1.26. The van der Waals surface area contributed by atoms with Gasteiger partial charge in [0.05, 0.1) is 24.3 Å². The molecule has 10 heteroatoms. The summed E-state index contributed by atoms with van der Waals surface area (Å²) < 4.78 is 0. The summed E-state index contributed by atoms with van der Waals surface area (Å²) in [4.78, 5) is 32.2. The van der Waals surface area contributed by atoms with Crippen molar-refractivity contribution in [3.05, 3.63) is 47.8 Å². The highest BCUT2D eigenvalue weighted by Crippen LogP contribution is 2.29. The molecule has 1 saturated heterocycles. The van der Waals surface area contributed by atoms with Gasteiger partial charge in [0.25, 0.3) is 0 Å². The molecule has 1 fully saturated rings. The van der Waals surface area contributed by atoms with Crippen LogP contribution in [0.3, 0.4) is 0 Å². The van der Waals surface area contributed by atoms with Crippen LogP contribution in [0.25, 0.3) is 11.2 Å². The van der Waals surface area contributed by atoms with Crippen molar-refractivity contribution >= 4 is 34.3 Å². The minimum Gasteiger partial charge on any atom is -0.369 e. The topological polar surface area (TPSA) is 105 Å². The number of hydrogen-bond acceptors (Lipinski definition) is 8. The first kappa shape index (κ1) is 20.0. The lowest BCUT2D eigenvalue weighted by Crippen LogP contribution is -2.44. The van der Waals surface area contributed by atoms with Gasteiger partial charge in [0.1, 0.15) is 11.3 Å². The Hall–Kier alpha value is -3.66. The fourth-order valence-electron chi connectivity index (χ4n) is 4.63. The summed E-state index contributed by atoms with van der Waals surface area (Å²) in [5, 5.41) is 3.39. The number of aryl methyl sites for hydroxylation is 1. The van der Waals surface area contributed by atoms with Gasteiger partial charge in [-0.3, -0.25) is 0 Å². The number of nitrogens with zero attached hydrogens (tertiary/aromatic N) is 7. The molecule has 0 spiro atoms. The number of likely N-dealkylation sites (N-methyl/N-ethyl adjacent to an activating group) is 1. The van der Waals surface area contributed by atoms with Crippen LogP contribution in [-0.2, 0) is 13.0 Å². The number of rotatable bonds is 4. The summed E-state index contributed by atoms with van der Waals surface area (Å²) >= 11 is 0. The molecule has 0 aliphatic carbocycles. The van der Waals surface area contributed by atoms with Crippen LogP contribution < -0.4 is 15.1 Å². The number of H-pyrrole nitrogens is 2. The normalized spacial score (nSPS) is 16.9. The van der Waals surface area contributed by atoms with Crippen molar-refractivity contribution in [3.63, 3.8) is 0 Å². The molecule has 33 heavy (non-hydrogen) atoms. The number of fused-ring (bicyclic) bond motifs is 2. The van der Waals surface area contributed by atoms with Crippen LogP contribution in [0.1, 0.15) is 17.2 Å². The molecular formula is C23H28N10. The second-order valence-corrected chi connectivity index (χ2v) is 8.85. The second kappa shape index (κ2) is 8.04. The third-order valence-electron chi connectivity index (χ3n) is 6.52. The van der Waals surface area contributed by atoms with E-state index in [4.69, 9.17) is 4.98 Å². The van der Waals surface area contributed by atoms with E-state index in [1.807, 2.05) is 6.92 Å². The fourth-order valence-corrected chi connectivity index (χ4v) is 4.63. The van der Waals surface area contributed by atoms with E-state index in [0.717, 1.165) is 79.9 Å². The van der Waals surface area contributed by atoms with Crippen LogP contribution in [0, 0.1) is 6.92 Å². The smallest absolute Gasteiger partial charge is 0.231 e. The molecule has 5 heterocycles. The van der Waals surface area contributed by atoms with Crippen molar-refractivity contribution in [2.45, 2.75) is 19.9 Å². The first-order chi connectivity index (χ1) is 16.1. The van der Waals surface area contributed by atoms with Gasteiger partial charge in [-0.05, 0) is 38.2 Å². The van der Waals surface area contributed by atoms with E-state index in [9.17, 15) is 0 Å². The molecule has 2 aliphatic heterocycles. The predicted molar refractivity (Wildman–Crippen MR) is 129 cm³/mol. The number of imidazole rings is 2. The molecule has 2 aliphatic rings. The first-order valence-electron chi connectivity index (χ1n) is 11.4. The Labute approximate surface area is 192 Å². The van der Waals surface area contributed by atoms with E-state index in [1.54, 1.807) is 6.33 Å². The largest absolute Gasteiger partial charge is 0.369 e. The molecule has 0 bridgehead atoms. The molecule has 0 radical (unpaired) electrons. The summed E-state index contributed by atoms with van der Waals surface area (Å²) in [6.07, 6.45) is 2.65. The standard InChI is InChI=1S/C23H28N10/c1-15-26-20-21(27-15)29-23(30-22(20)33-8-7-18-19(13-33)25-14-24-18)28-16-3-5-17(6-4-16)32-11-9-31(2)10-12-32/h3-6,14H,7-13H2,1-2H3,(H,24,25)(H2,26,27,28,29,30). The van der Waals surface area contributed by atoms with E-state index in [2.05, 4.69) is 76.2 Å². The van der Waals surface area contributed by atoms with Crippen LogP contribution in [0.4, 0.5) is 23.1 Å². The molecule has 0 saturated carbocycles. The maximum atomic E-state index is 4.89. The van der Waals surface area contributed by atoms with Gasteiger partial charge < -0.3 is 30.0 Å². The summed E-state index contributed by atoms with van der Waals surface area (Å²) in [5.74, 6) is 2.23. The lowest BCUT2D eigenvalue weighted by molar-refractivity contribution is 0.313. The molecule has 0 atom stereocenters. The van der Waals surface area contributed by atoms with E-state index in [0.29, 0.717) is 11.6 Å². The average Bonchev–Trinajstić information content (AvgIpc) is 3.44. The summed E-state index contributed by atoms with van der Waals surface area (Å²) in [6, 6.07) is 8.51. The van der Waals surface area contributed by atoms with E-state index in [-0.39, 0.29) is 0 Å². The Bertz CT molecular complexity index is 1270. The molecular weight excluding hydrogens is 416 g/mol. The number of benzene rings is 1. The van der Waals surface area contributed by atoms with Crippen LogP contribution in [-0.4, -0.2) is 74.6 Å². The number of piperazine rings is 1. The van der Waals surface area contributed by atoms with Gasteiger partial charge in [-0.15, -0.1) is 0 Å². The van der Waals surface area contributed by atoms with Gasteiger partial charge in [-0.25, -0.2) is 9.97 Å². The van der Waals surface area contributed by atoms with Crippen molar-refractivity contribution in [3.8, 4) is 0 Å². The lowest BCUT2D eigenvalue weighted by atomic mass is 10.1. The van der Waals surface area contributed by atoms with Gasteiger partial charge in [0.2, 0.25) is 5.95 Å². The number of aromatic amines is 2. The molecule has 4 aromatic rings. The van der Waals surface area contributed by atoms with Crippen LogP contribution >= 0.6 is 0 Å². The predicted octanol–water partition coefficient (Wildman–Crippen LogP) is 2.44. The molecule has 3 aromatic heterocycles. The fraction of sp³-hybridized carbons (Fsp3) is 0.391. The monoisotopic (exact) mass is 444 g/mol. The van der Waals surface area contributed by atoms with Crippen molar-refractivity contribution in [1.82, 2.24) is 34.8 Å². The summed E-state index contributed by atoms with van der Waals surface area (Å²) in [5.41, 5.74) is 6.02. The number of anilines is 4. The Morgan fingerprint density at radius 1 is 0.939 bits per heavy atom.